The normalized spacial score (nSPS) is 9.88. The number of aliphatic carboxylic acids is 1. The van der Waals surface area contributed by atoms with E-state index in [0.29, 0.717) is 12.2 Å². The van der Waals surface area contributed by atoms with Crippen molar-refractivity contribution in [3.8, 4) is 0 Å². The molecule has 0 saturated heterocycles. The Morgan fingerprint density at radius 1 is 1.38 bits per heavy atom. The summed E-state index contributed by atoms with van der Waals surface area (Å²) in [6.45, 7) is 8.20. The van der Waals surface area contributed by atoms with Crippen LogP contribution < -0.4 is 0 Å². The molecule has 0 atom stereocenters. The van der Waals surface area contributed by atoms with Crippen molar-refractivity contribution in [1.29, 1.82) is 0 Å². The first-order valence-corrected chi connectivity index (χ1v) is 4.70. The molecule has 0 saturated carbocycles. The summed E-state index contributed by atoms with van der Waals surface area (Å²) in [7, 11) is 0. The predicted octanol–water partition coefficient (Wildman–Crippen LogP) is 1.14. The van der Waals surface area contributed by atoms with E-state index in [9.17, 15) is 9.59 Å². The van der Waals surface area contributed by atoms with E-state index in [1.807, 2.05) is 0 Å². The standard InChI is InChI=1S/C7H12O3.C4H6O2/c1-3-10-7(9)6(2)4-5-8;1-3(2)4(5)6/h4,8H,3,5H2,1-2H3;1H2,2H3,(H,5,6). The molecular formula is C11H18O5. The zero-order valence-corrected chi connectivity index (χ0v) is 9.82. The molecule has 0 unspecified atom stereocenters. The fourth-order valence-electron chi connectivity index (χ4n) is 0.465. The summed E-state index contributed by atoms with van der Waals surface area (Å²) in [4.78, 5) is 20.3. The largest absolute Gasteiger partial charge is 0.478 e. The van der Waals surface area contributed by atoms with Crippen LogP contribution in [0.25, 0.3) is 0 Å². The number of carbonyl (C=O) groups is 2. The molecule has 16 heavy (non-hydrogen) atoms. The zero-order chi connectivity index (χ0) is 13.1. The summed E-state index contributed by atoms with van der Waals surface area (Å²) < 4.78 is 4.64. The summed E-state index contributed by atoms with van der Waals surface area (Å²) in [5, 5.41) is 16.3. The highest BCUT2D eigenvalue weighted by atomic mass is 16.5. The molecule has 5 nitrogen and oxygen atoms in total. The molecule has 0 rings (SSSR count). The summed E-state index contributed by atoms with van der Waals surface area (Å²) >= 11 is 0. The number of carboxylic acid groups (broad SMARTS) is 1. The summed E-state index contributed by atoms with van der Waals surface area (Å²) in [5.41, 5.74) is 0.624. The van der Waals surface area contributed by atoms with E-state index in [4.69, 9.17) is 10.2 Å². The average Bonchev–Trinajstić information content (AvgIpc) is 2.19. The molecule has 0 aromatic carbocycles. The Morgan fingerprint density at radius 3 is 2.06 bits per heavy atom. The Hall–Kier alpha value is -1.62. The van der Waals surface area contributed by atoms with Gasteiger partial charge in [0.05, 0.1) is 13.2 Å². The lowest BCUT2D eigenvalue weighted by Gasteiger charge is -1.99. The summed E-state index contributed by atoms with van der Waals surface area (Å²) in [6, 6.07) is 0. The maximum Gasteiger partial charge on any atom is 0.333 e. The highest BCUT2D eigenvalue weighted by Crippen LogP contribution is 1.94. The molecule has 0 aliphatic rings. The first-order chi connectivity index (χ1) is 7.36. The van der Waals surface area contributed by atoms with E-state index in [0.717, 1.165) is 0 Å². The molecular weight excluding hydrogens is 212 g/mol. The lowest BCUT2D eigenvalue weighted by molar-refractivity contribution is -0.138. The molecule has 0 bridgehead atoms. The van der Waals surface area contributed by atoms with Gasteiger partial charge in [0.2, 0.25) is 0 Å². The van der Waals surface area contributed by atoms with Crippen molar-refractivity contribution in [3.05, 3.63) is 23.8 Å². The molecule has 2 N–H and O–H groups in total. The first kappa shape index (κ1) is 16.8. The van der Waals surface area contributed by atoms with Crippen molar-refractivity contribution < 1.29 is 24.5 Å². The third-order valence-electron chi connectivity index (χ3n) is 1.36. The van der Waals surface area contributed by atoms with Gasteiger partial charge in [0, 0.05) is 11.1 Å². The third-order valence-corrected chi connectivity index (χ3v) is 1.36. The van der Waals surface area contributed by atoms with Crippen LogP contribution in [0.4, 0.5) is 0 Å². The summed E-state index contributed by atoms with van der Waals surface area (Å²) in [5.74, 6) is -1.30. The van der Waals surface area contributed by atoms with Crippen molar-refractivity contribution in [2.75, 3.05) is 13.2 Å². The van der Waals surface area contributed by atoms with Gasteiger partial charge in [-0.05, 0) is 26.8 Å². The van der Waals surface area contributed by atoms with E-state index < -0.39 is 5.97 Å². The van der Waals surface area contributed by atoms with Crippen LogP contribution in [-0.2, 0) is 14.3 Å². The van der Waals surface area contributed by atoms with Crippen LogP contribution >= 0.6 is 0 Å². The van der Waals surface area contributed by atoms with Crippen molar-refractivity contribution >= 4 is 11.9 Å². The van der Waals surface area contributed by atoms with Crippen molar-refractivity contribution in [2.24, 2.45) is 0 Å². The van der Waals surface area contributed by atoms with E-state index >= 15 is 0 Å². The van der Waals surface area contributed by atoms with Gasteiger partial charge in [0.15, 0.2) is 0 Å². The quantitative estimate of drug-likeness (QED) is 0.558. The van der Waals surface area contributed by atoms with Gasteiger partial charge in [-0.1, -0.05) is 6.58 Å². The van der Waals surface area contributed by atoms with E-state index in [-0.39, 0.29) is 18.1 Å². The Bertz CT molecular complexity index is 266. The van der Waals surface area contributed by atoms with E-state index in [2.05, 4.69) is 11.3 Å². The van der Waals surface area contributed by atoms with Gasteiger partial charge < -0.3 is 14.9 Å². The lowest BCUT2D eigenvalue weighted by Crippen LogP contribution is -2.05. The minimum Gasteiger partial charge on any atom is -0.478 e. The number of carboxylic acids is 1. The van der Waals surface area contributed by atoms with Gasteiger partial charge in [-0.2, -0.15) is 0 Å². The molecule has 5 heteroatoms. The smallest absolute Gasteiger partial charge is 0.333 e. The monoisotopic (exact) mass is 230 g/mol. The molecule has 0 aromatic heterocycles. The molecule has 0 heterocycles. The molecule has 0 radical (unpaired) electrons. The number of hydrogen-bond acceptors (Lipinski definition) is 4. The van der Waals surface area contributed by atoms with Crippen LogP contribution in [0.5, 0.6) is 0 Å². The third kappa shape index (κ3) is 10.5. The van der Waals surface area contributed by atoms with Crippen molar-refractivity contribution in [1.82, 2.24) is 0 Å². The highest BCUT2D eigenvalue weighted by Gasteiger charge is 2.01. The molecule has 0 fully saturated rings. The maximum atomic E-state index is 10.7. The van der Waals surface area contributed by atoms with Crippen molar-refractivity contribution in [2.45, 2.75) is 20.8 Å². The second-order valence-corrected chi connectivity index (χ2v) is 2.88. The topological polar surface area (TPSA) is 83.8 Å². The van der Waals surface area contributed by atoms with E-state index in [1.165, 1.54) is 13.0 Å². The van der Waals surface area contributed by atoms with Gasteiger partial charge >= 0.3 is 11.9 Å². The van der Waals surface area contributed by atoms with Gasteiger partial charge in [-0.25, -0.2) is 9.59 Å². The Balaban J connectivity index is 0. The average molecular weight is 230 g/mol. The molecule has 0 spiro atoms. The first-order valence-electron chi connectivity index (χ1n) is 4.70. The Morgan fingerprint density at radius 2 is 1.81 bits per heavy atom. The number of rotatable bonds is 4. The van der Waals surface area contributed by atoms with Crippen LogP contribution in [0.1, 0.15) is 20.8 Å². The number of carbonyl (C=O) groups excluding carboxylic acids is 1. The molecule has 0 aromatic rings. The summed E-state index contributed by atoms with van der Waals surface area (Å²) in [6.07, 6.45) is 1.41. The van der Waals surface area contributed by atoms with Gasteiger partial charge in [-0.15, -0.1) is 0 Å². The van der Waals surface area contributed by atoms with Crippen LogP contribution in [0.2, 0.25) is 0 Å². The van der Waals surface area contributed by atoms with E-state index in [1.54, 1.807) is 13.8 Å². The van der Waals surface area contributed by atoms with Crippen LogP contribution in [-0.4, -0.2) is 35.4 Å². The number of aliphatic hydroxyl groups excluding tert-OH is 1. The predicted molar refractivity (Wildman–Crippen MR) is 59.9 cm³/mol. The SMILES string of the molecule is C=C(C)C(=O)O.CCOC(=O)C(C)=CCO. The zero-order valence-electron chi connectivity index (χ0n) is 9.82. The van der Waals surface area contributed by atoms with Gasteiger partial charge in [-0.3, -0.25) is 0 Å². The number of hydrogen-bond donors (Lipinski definition) is 2. The Labute approximate surface area is 95.0 Å². The van der Waals surface area contributed by atoms with Gasteiger partial charge in [0.1, 0.15) is 0 Å². The molecule has 0 aliphatic heterocycles. The highest BCUT2D eigenvalue weighted by molar-refractivity contribution is 5.87. The van der Waals surface area contributed by atoms with Crippen LogP contribution in [0.3, 0.4) is 0 Å². The molecule has 0 amide bonds. The van der Waals surface area contributed by atoms with Crippen LogP contribution in [0.15, 0.2) is 23.8 Å². The molecule has 0 aliphatic carbocycles. The fourth-order valence-corrected chi connectivity index (χ4v) is 0.465. The minimum atomic E-state index is -0.935. The second-order valence-electron chi connectivity index (χ2n) is 2.88. The number of aliphatic hydroxyl groups is 1. The Kier molecular flexibility index (Phi) is 10.4. The van der Waals surface area contributed by atoms with Crippen LogP contribution in [0, 0.1) is 0 Å². The number of esters is 1. The minimum absolute atomic E-state index is 0.120. The molecule has 92 valence electrons. The fraction of sp³-hybridized carbons (Fsp3) is 0.455. The lowest BCUT2D eigenvalue weighted by atomic mass is 10.3. The van der Waals surface area contributed by atoms with Crippen molar-refractivity contribution in [3.63, 3.8) is 0 Å². The van der Waals surface area contributed by atoms with Gasteiger partial charge in [0.25, 0.3) is 0 Å². The maximum absolute atomic E-state index is 10.7. The number of ether oxygens (including phenoxy) is 1. The second kappa shape index (κ2) is 9.92.